The average molecular weight is 279 g/mol. The van der Waals surface area contributed by atoms with Crippen molar-refractivity contribution >= 4 is 0 Å². The summed E-state index contributed by atoms with van der Waals surface area (Å²) in [5, 5.41) is 10.1. The normalized spacial score (nSPS) is 18.3. The number of nitrogens with zero attached hydrogens (tertiary/aromatic N) is 1. The highest BCUT2D eigenvalue weighted by Crippen LogP contribution is 2.17. The quantitative estimate of drug-likeness (QED) is 0.867. The molecule has 1 N–H and O–H groups in total. The van der Waals surface area contributed by atoms with Crippen LogP contribution in [0.5, 0.6) is 11.5 Å². The summed E-state index contributed by atoms with van der Waals surface area (Å²) in [6.07, 6.45) is 4.68. The Morgan fingerprint density at radius 3 is 2.25 bits per heavy atom. The van der Waals surface area contributed by atoms with E-state index >= 15 is 0 Å². The molecule has 1 aromatic rings. The number of ether oxygens (including phenoxy) is 2. The predicted molar refractivity (Wildman–Crippen MR) is 79.4 cm³/mol. The van der Waals surface area contributed by atoms with E-state index in [1.54, 1.807) is 7.11 Å². The number of hydrogen-bond acceptors (Lipinski definition) is 4. The Labute approximate surface area is 121 Å². The molecule has 1 aromatic carbocycles. The third-order valence-corrected chi connectivity index (χ3v) is 3.67. The van der Waals surface area contributed by atoms with E-state index < -0.39 is 6.10 Å². The zero-order valence-electron chi connectivity index (χ0n) is 12.3. The second-order valence-corrected chi connectivity index (χ2v) is 5.36. The SMILES string of the molecule is COc1ccc(OC[C@H](O)CN2CCCCCC2)cc1. The molecule has 0 spiro atoms. The van der Waals surface area contributed by atoms with E-state index in [-0.39, 0.29) is 0 Å². The van der Waals surface area contributed by atoms with Gasteiger partial charge < -0.3 is 19.5 Å². The van der Waals surface area contributed by atoms with Gasteiger partial charge in [-0.15, -0.1) is 0 Å². The molecule has 0 unspecified atom stereocenters. The third kappa shape index (κ3) is 5.02. The summed E-state index contributed by atoms with van der Waals surface area (Å²) in [6, 6.07) is 7.43. The molecule has 4 nitrogen and oxygen atoms in total. The van der Waals surface area contributed by atoms with Crippen LogP contribution in [0.2, 0.25) is 0 Å². The van der Waals surface area contributed by atoms with E-state index in [0.29, 0.717) is 13.2 Å². The van der Waals surface area contributed by atoms with Gasteiger partial charge in [0.15, 0.2) is 0 Å². The predicted octanol–water partition coefficient (Wildman–Crippen LogP) is 2.31. The Kier molecular flexibility index (Phi) is 6.15. The van der Waals surface area contributed by atoms with Crippen molar-refractivity contribution in [1.29, 1.82) is 0 Å². The number of rotatable bonds is 6. The van der Waals surface area contributed by atoms with Gasteiger partial charge in [-0.25, -0.2) is 0 Å². The second kappa shape index (κ2) is 8.12. The van der Waals surface area contributed by atoms with Gasteiger partial charge in [0.1, 0.15) is 24.2 Å². The van der Waals surface area contributed by atoms with Crippen molar-refractivity contribution in [3.05, 3.63) is 24.3 Å². The summed E-state index contributed by atoms with van der Waals surface area (Å²) in [5.74, 6) is 1.57. The highest BCUT2D eigenvalue weighted by atomic mass is 16.5. The minimum Gasteiger partial charge on any atom is -0.497 e. The Bertz CT molecular complexity index is 372. The maximum Gasteiger partial charge on any atom is 0.119 e. The Balaban J connectivity index is 1.71. The first-order chi connectivity index (χ1) is 9.78. The molecule has 1 atom stereocenters. The zero-order valence-corrected chi connectivity index (χ0v) is 12.3. The number of methoxy groups -OCH3 is 1. The number of β-amino-alcohol motifs (C(OH)–C–C–N with tert-alkyl or cyclic N) is 1. The lowest BCUT2D eigenvalue weighted by molar-refractivity contribution is 0.0693. The van der Waals surface area contributed by atoms with Gasteiger partial charge in [-0.1, -0.05) is 12.8 Å². The van der Waals surface area contributed by atoms with Gasteiger partial charge in [-0.05, 0) is 50.2 Å². The van der Waals surface area contributed by atoms with Gasteiger partial charge in [0.05, 0.1) is 7.11 Å². The number of aliphatic hydroxyl groups is 1. The largest absolute Gasteiger partial charge is 0.497 e. The lowest BCUT2D eigenvalue weighted by atomic mass is 10.2. The van der Waals surface area contributed by atoms with E-state index in [9.17, 15) is 5.11 Å². The topological polar surface area (TPSA) is 41.9 Å². The molecule has 112 valence electrons. The molecule has 0 bridgehead atoms. The highest BCUT2D eigenvalue weighted by Gasteiger charge is 2.14. The molecular weight excluding hydrogens is 254 g/mol. The first-order valence-corrected chi connectivity index (χ1v) is 7.45. The van der Waals surface area contributed by atoms with Crippen molar-refractivity contribution in [2.75, 3.05) is 33.4 Å². The molecule has 20 heavy (non-hydrogen) atoms. The van der Waals surface area contributed by atoms with E-state index in [1.165, 1.54) is 25.7 Å². The van der Waals surface area contributed by atoms with Crippen LogP contribution in [0.1, 0.15) is 25.7 Å². The Morgan fingerprint density at radius 1 is 1.05 bits per heavy atom. The van der Waals surface area contributed by atoms with Crippen molar-refractivity contribution < 1.29 is 14.6 Å². The molecule has 1 fully saturated rings. The summed E-state index contributed by atoms with van der Waals surface area (Å²) in [6.45, 7) is 3.23. The number of benzene rings is 1. The van der Waals surface area contributed by atoms with Crippen LogP contribution in [-0.2, 0) is 0 Å². The molecule has 0 saturated carbocycles. The van der Waals surface area contributed by atoms with Crippen molar-refractivity contribution in [1.82, 2.24) is 4.90 Å². The molecule has 0 radical (unpaired) electrons. The monoisotopic (exact) mass is 279 g/mol. The summed E-state index contributed by atoms with van der Waals surface area (Å²) < 4.78 is 10.7. The molecule has 1 aliphatic rings. The average Bonchev–Trinajstić information content (AvgIpc) is 2.74. The van der Waals surface area contributed by atoms with Crippen molar-refractivity contribution in [2.24, 2.45) is 0 Å². The van der Waals surface area contributed by atoms with Gasteiger partial charge in [0, 0.05) is 6.54 Å². The molecule has 1 aliphatic heterocycles. The van der Waals surface area contributed by atoms with Gasteiger partial charge in [0.25, 0.3) is 0 Å². The molecule has 1 heterocycles. The van der Waals surface area contributed by atoms with Crippen molar-refractivity contribution in [3.8, 4) is 11.5 Å². The fourth-order valence-corrected chi connectivity index (χ4v) is 2.53. The lowest BCUT2D eigenvalue weighted by Gasteiger charge is -2.23. The number of hydrogen-bond donors (Lipinski definition) is 1. The fourth-order valence-electron chi connectivity index (χ4n) is 2.53. The van der Waals surface area contributed by atoms with Crippen LogP contribution < -0.4 is 9.47 Å². The molecule has 4 heteroatoms. The first-order valence-electron chi connectivity index (χ1n) is 7.45. The molecule has 0 amide bonds. The summed E-state index contributed by atoms with van der Waals surface area (Å²) in [5.41, 5.74) is 0. The van der Waals surface area contributed by atoms with Crippen LogP contribution in [0.4, 0.5) is 0 Å². The summed E-state index contributed by atoms with van der Waals surface area (Å²) >= 11 is 0. The van der Waals surface area contributed by atoms with Gasteiger partial charge >= 0.3 is 0 Å². The molecular formula is C16H25NO3. The lowest BCUT2D eigenvalue weighted by Crippen LogP contribution is -2.36. The maximum atomic E-state index is 10.1. The molecule has 0 aliphatic carbocycles. The smallest absolute Gasteiger partial charge is 0.119 e. The standard InChI is InChI=1S/C16H25NO3/c1-19-15-6-8-16(9-7-15)20-13-14(18)12-17-10-4-2-3-5-11-17/h6-9,14,18H,2-5,10-13H2,1H3/t14-/m1/s1. The Hall–Kier alpha value is -1.26. The highest BCUT2D eigenvalue weighted by molar-refractivity contribution is 5.31. The fraction of sp³-hybridized carbons (Fsp3) is 0.625. The van der Waals surface area contributed by atoms with Gasteiger partial charge in [-0.2, -0.15) is 0 Å². The zero-order chi connectivity index (χ0) is 14.2. The van der Waals surface area contributed by atoms with E-state index in [1.807, 2.05) is 24.3 Å². The summed E-state index contributed by atoms with van der Waals surface area (Å²) in [4.78, 5) is 2.34. The van der Waals surface area contributed by atoms with Gasteiger partial charge in [0.2, 0.25) is 0 Å². The van der Waals surface area contributed by atoms with Crippen LogP contribution in [0, 0.1) is 0 Å². The second-order valence-electron chi connectivity index (χ2n) is 5.36. The molecule has 1 saturated heterocycles. The van der Waals surface area contributed by atoms with Gasteiger partial charge in [-0.3, -0.25) is 0 Å². The minimum absolute atomic E-state index is 0.336. The third-order valence-electron chi connectivity index (χ3n) is 3.67. The van der Waals surface area contributed by atoms with E-state index in [2.05, 4.69) is 4.90 Å². The Morgan fingerprint density at radius 2 is 1.65 bits per heavy atom. The van der Waals surface area contributed by atoms with E-state index in [0.717, 1.165) is 24.6 Å². The summed E-state index contributed by atoms with van der Waals surface area (Å²) in [7, 11) is 1.64. The van der Waals surface area contributed by atoms with Crippen LogP contribution in [0.25, 0.3) is 0 Å². The van der Waals surface area contributed by atoms with Crippen LogP contribution in [0.15, 0.2) is 24.3 Å². The van der Waals surface area contributed by atoms with E-state index in [4.69, 9.17) is 9.47 Å². The maximum absolute atomic E-state index is 10.1. The van der Waals surface area contributed by atoms with Crippen LogP contribution in [-0.4, -0.2) is 49.5 Å². The molecule has 2 rings (SSSR count). The number of aliphatic hydroxyl groups excluding tert-OH is 1. The molecule has 0 aromatic heterocycles. The first kappa shape index (κ1) is 15.1. The van der Waals surface area contributed by atoms with Crippen LogP contribution >= 0.6 is 0 Å². The van der Waals surface area contributed by atoms with Crippen molar-refractivity contribution in [2.45, 2.75) is 31.8 Å². The van der Waals surface area contributed by atoms with Crippen LogP contribution in [0.3, 0.4) is 0 Å². The minimum atomic E-state index is -0.435. The number of likely N-dealkylation sites (tertiary alicyclic amines) is 1. The van der Waals surface area contributed by atoms with Crippen molar-refractivity contribution in [3.63, 3.8) is 0 Å².